The summed E-state index contributed by atoms with van der Waals surface area (Å²) in [6.45, 7) is 11.3. The summed E-state index contributed by atoms with van der Waals surface area (Å²) in [5.74, 6) is -5.40. The molecule has 3 rings (SSSR count). The molecule has 0 amide bonds. The number of aromatic hydroxyl groups is 2. The van der Waals surface area contributed by atoms with Gasteiger partial charge in [-0.05, 0) is 39.3 Å². The molecule has 3 aromatic carbocycles. The molecular weight excluding hydrogens is 514 g/mol. The Kier molecular flexibility index (Phi) is 21.5. The summed E-state index contributed by atoms with van der Waals surface area (Å²) in [4.78, 5) is 0. The highest BCUT2D eigenvalue weighted by atomic mass is 19.1. The van der Waals surface area contributed by atoms with Crippen LogP contribution in [0.2, 0.25) is 0 Å². The summed E-state index contributed by atoms with van der Waals surface area (Å²) in [5, 5.41) is 49.2. The van der Waals surface area contributed by atoms with Crippen LogP contribution in [0.1, 0.15) is 54.2 Å². The topological polar surface area (TPSA) is 132 Å². The number of rotatable bonds is 0. The van der Waals surface area contributed by atoms with Gasteiger partial charge in [0.1, 0.15) is 29.3 Å². The molecule has 0 aromatic heterocycles. The molecule has 0 aliphatic heterocycles. The quantitative estimate of drug-likeness (QED) is 0.256. The fraction of sp³-hybridized carbons (Fsp3) is 0.276. The van der Waals surface area contributed by atoms with Gasteiger partial charge < -0.3 is 15.3 Å². The first-order valence-corrected chi connectivity index (χ1v) is 11.3. The molecule has 0 bridgehead atoms. The first kappa shape index (κ1) is 38.9. The third-order valence-corrected chi connectivity index (χ3v) is 4.36. The van der Waals surface area contributed by atoms with Crippen LogP contribution in [0.4, 0.5) is 17.6 Å². The van der Waals surface area contributed by atoms with Gasteiger partial charge in [-0.25, -0.2) is 17.6 Å². The van der Waals surface area contributed by atoms with E-state index in [0.29, 0.717) is 0 Å². The number of nitriles is 3. The van der Waals surface area contributed by atoms with Gasteiger partial charge >= 0.3 is 0 Å². The number of phenolic OH excluding ortho intramolecular Hbond substituents is 2. The molecule has 0 heterocycles. The Morgan fingerprint density at radius 2 is 1.10 bits per heavy atom. The van der Waals surface area contributed by atoms with Gasteiger partial charge in [0.25, 0.3) is 0 Å². The van der Waals surface area contributed by atoms with Crippen LogP contribution in [-0.4, -0.2) is 22.4 Å². The second-order valence-electron chi connectivity index (χ2n) is 6.92. The molecule has 0 saturated carbocycles. The lowest BCUT2D eigenvalue weighted by atomic mass is 10.0. The molecule has 6 nitrogen and oxygen atoms in total. The number of hydrogen-bond donors (Lipinski definition) is 3. The normalized spacial score (nSPS) is 8.26. The number of aliphatic hydroxyl groups is 1. The second-order valence-corrected chi connectivity index (χ2v) is 6.92. The van der Waals surface area contributed by atoms with Crippen LogP contribution >= 0.6 is 0 Å². The Morgan fingerprint density at radius 1 is 0.667 bits per heavy atom. The maximum Gasteiger partial charge on any atom is 0.185 e. The largest absolute Gasteiger partial charge is 0.505 e. The predicted molar refractivity (Wildman–Crippen MR) is 142 cm³/mol. The van der Waals surface area contributed by atoms with Crippen LogP contribution in [0.25, 0.3) is 0 Å². The zero-order valence-electron chi connectivity index (χ0n) is 23.2. The van der Waals surface area contributed by atoms with Crippen molar-refractivity contribution in [2.75, 3.05) is 7.11 Å². The first-order valence-electron chi connectivity index (χ1n) is 11.3. The summed E-state index contributed by atoms with van der Waals surface area (Å²) < 4.78 is 51.6. The summed E-state index contributed by atoms with van der Waals surface area (Å²) >= 11 is 0. The van der Waals surface area contributed by atoms with Crippen molar-refractivity contribution in [1.82, 2.24) is 0 Å². The lowest BCUT2D eigenvalue weighted by Gasteiger charge is -2.06. The molecule has 0 unspecified atom stereocenters. The molecule has 39 heavy (non-hydrogen) atoms. The molecule has 210 valence electrons. The van der Waals surface area contributed by atoms with Gasteiger partial charge in [0, 0.05) is 25.2 Å². The number of aryl methyl sites for hydroxylation is 2. The molecule has 3 aromatic rings. The number of aliphatic hydroxyl groups excluding tert-OH is 1. The van der Waals surface area contributed by atoms with Crippen LogP contribution in [0.15, 0.2) is 36.4 Å². The Balaban J connectivity index is -0.000000458. The van der Waals surface area contributed by atoms with Crippen LogP contribution in [0.3, 0.4) is 0 Å². The van der Waals surface area contributed by atoms with E-state index in [9.17, 15) is 17.6 Å². The third-order valence-electron chi connectivity index (χ3n) is 4.36. The van der Waals surface area contributed by atoms with Gasteiger partial charge in [-0.3, -0.25) is 0 Å². The molecule has 0 spiro atoms. The maximum absolute atomic E-state index is 13.1. The van der Waals surface area contributed by atoms with E-state index in [2.05, 4.69) is 19.1 Å². The highest BCUT2D eigenvalue weighted by Gasteiger charge is 2.19. The predicted octanol–water partition coefficient (Wildman–Crippen LogP) is 7.17. The van der Waals surface area contributed by atoms with Crippen molar-refractivity contribution in [3.05, 3.63) is 93.0 Å². The van der Waals surface area contributed by atoms with E-state index in [1.165, 1.54) is 39.3 Å². The van der Waals surface area contributed by atoms with Crippen molar-refractivity contribution in [3.63, 3.8) is 0 Å². The summed E-state index contributed by atoms with van der Waals surface area (Å²) in [6, 6.07) is 15.8. The van der Waals surface area contributed by atoms with Gasteiger partial charge in [0.2, 0.25) is 0 Å². The van der Waals surface area contributed by atoms with Crippen molar-refractivity contribution in [3.8, 4) is 29.7 Å². The summed E-state index contributed by atoms with van der Waals surface area (Å²) in [6.07, 6.45) is 0. The number of halogens is 4. The van der Waals surface area contributed by atoms with Gasteiger partial charge in [-0.1, -0.05) is 49.7 Å². The molecule has 0 radical (unpaired) electrons. The van der Waals surface area contributed by atoms with Crippen molar-refractivity contribution < 1.29 is 32.9 Å². The van der Waals surface area contributed by atoms with E-state index in [0.717, 1.165) is 13.2 Å². The maximum atomic E-state index is 13.1. The minimum atomic E-state index is -1.20. The third kappa shape index (κ3) is 12.5. The molecule has 10 heteroatoms. The Hall–Kier alpha value is -4.59. The minimum Gasteiger partial charge on any atom is -0.505 e. The fourth-order valence-corrected chi connectivity index (χ4v) is 2.41. The lowest BCUT2D eigenvalue weighted by Crippen LogP contribution is -1.98. The number of hydrogen-bond acceptors (Lipinski definition) is 6. The summed E-state index contributed by atoms with van der Waals surface area (Å²) in [5.41, 5.74) is -0.0660. The van der Waals surface area contributed by atoms with Crippen LogP contribution in [0.5, 0.6) is 11.5 Å². The number of nitrogens with zero attached hydrogens (tertiary/aromatic N) is 3. The van der Waals surface area contributed by atoms with Crippen LogP contribution in [-0.2, 0) is 0 Å². The highest BCUT2D eigenvalue weighted by molar-refractivity contribution is 5.50. The number of benzene rings is 3. The molecule has 0 aliphatic rings. The standard InChI is InChI=1S/C9H7F2NO.C8H5F2NO.C7H8.C2H3N.C2H6.CH4O/c1-4-6(3-12)7(10)5(2)8(11)9(4)13;1-4-2-6(9)5(3-11)7(10)8(4)12;1-7-5-3-2-4-6-7;1-2-3;2*1-2/h13H,1-2H3;2,12H,1H3;2-6H,1H3;1H3;1-2H3;2H,1H3. The van der Waals surface area contributed by atoms with Gasteiger partial charge in [-0.2, -0.15) is 15.8 Å². The average molecular weight is 548 g/mol. The van der Waals surface area contributed by atoms with E-state index < -0.39 is 40.3 Å². The van der Waals surface area contributed by atoms with Crippen LogP contribution in [0, 0.1) is 85.0 Å². The fourth-order valence-electron chi connectivity index (χ4n) is 2.41. The molecule has 0 atom stereocenters. The lowest BCUT2D eigenvalue weighted by molar-refractivity contribution is 0.399. The highest BCUT2D eigenvalue weighted by Crippen LogP contribution is 2.29. The zero-order valence-corrected chi connectivity index (χ0v) is 23.2. The molecule has 0 fully saturated rings. The minimum absolute atomic E-state index is 0.0666. The Labute approximate surface area is 227 Å². The van der Waals surface area contributed by atoms with E-state index in [1.54, 1.807) is 12.1 Å². The second kappa shape index (κ2) is 21.5. The molecule has 0 saturated heterocycles. The Bertz CT molecular complexity index is 1270. The van der Waals surface area contributed by atoms with Crippen molar-refractivity contribution in [2.24, 2.45) is 0 Å². The van der Waals surface area contributed by atoms with E-state index >= 15 is 0 Å². The average Bonchev–Trinajstić information content (AvgIpc) is 2.94. The smallest absolute Gasteiger partial charge is 0.185 e. The molecule has 0 aliphatic carbocycles. The van der Waals surface area contributed by atoms with Gasteiger partial charge in [-0.15, -0.1) is 0 Å². The van der Waals surface area contributed by atoms with E-state index in [4.69, 9.17) is 31.1 Å². The monoisotopic (exact) mass is 547 g/mol. The first-order chi connectivity index (χ1) is 18.4. The van der Waals surface area contributed by atoms with Gasteiger partial charge in [0.05, 0.1) is 11.6 Å². The van der Waals surface area contributed by atoms with Crippen molar-refractivity contribution in [2.45, 2.75) is 48.5 Å². The van der Waals surface area contributed by atoms with Crippen LogP contribution < -0.4 is 0 Å². The number of phenols is 2. The van der Waals surface area contributed by atoms with Crippen molar-refractivity contribution >= 4 is 0 Å². The van der Waals surface area contributed by atoms with E-state index in [1.807, 2.05) is 32.0 Å². The zero-order chi connectivity index (χ0) is 31.3. The van der Waals surface area contributed by atoms with Gasteiger partial charge in [0.15, 0.2) is 23.1 Å². The van der Waals surface area contributed by atoms with E-state index in [-0.39, 0.29) is 22.3 Å². The summed E-state index contributed by atoms with van der Waals surface area (Å²) in [7, 11) is 1.00. The van der Waals surface area contributed by atoms with Crippen molar-refractivity contribution in [1.29, 1.82) is 15.8 Å². The Morgan fingerprint density at radius 3 is 1.46 bits per heavy atom. The SMILES string of the molecule is CC.CC#N.CO.Cc1c(F)c(O)c(C)c(C#N)c1F.Cc1cc(F)c(C#N)c(F)c1O.Cc1ccccc1. The molecule has 3 N–H and O–H groups in total. The molecular formula is C29H33F4N3O3.